The van der Waals surface area contributed by atoms with E-state index in [1.54, 1.807) is 6.92 Å². The third kappa shape index (κ3) is 3.57. The highest BCUT2D eigenvalue weighted by Crippen LogP contribution is 2.31. The van der Waals surface area contributed by atoms with Gasteiger partial charge in [-0.15, -0.1) is 0 Å². The molecule has 150 valence electrons. The number of benzene rings is 1. The first-order valence-electron chi connectivity index (χ1n) is 8.69. The molecule has 4 N–H and O–H groups in total. The lowest BCUT2D eigenvalue weighted by atomic mass is 9.90. The van der Waals surface area contributed by atoms with Gasteiger partial charge in [-0.2, -0.15) is 0 Å². The van der Waals surface area contributed by atoms with Crippen LogP contribution >= 0.6 is 0 Å². The number of allylic oxidation sites excluding steroid dienone is 2. The lowest BCUT2D eigenvalue weighted by Gasteiger charge is -2.39. The Morgan fingerprint density at radius 3 is 2.43 bits per heavy atom. The number of aryl methyl sites for hydroxylation is 1. The van der Waals surface area contributed by atoms with Crippen molar-refractivity contribution in [2.75, 3.05) is 0 Å². The SMILES string of the molecule is CC(=O)NC1=CC(=O)c2cc(O[C@@H]3O[C@@H](C)[C@@H](O)[C@@H](O)[C@H]3O)c(C)cc2C1=O. The first kappa shape index (κ1) is 20.2. The molecule has 1 heterocycles. The molecule has 0 bridgehead atoms. The largest absolute Gasteiger partial charge is 0.462 e. The minimum Gasteiger partial charge on any atom is -0.462 e. The molecule has 1 aromatic carbocycles. The first-order valence-corrected chi connectivity index (χ1v) is 8.69. The number of ether oxygens (including phenoxy) is 2. The molecule has 1 saturated heterocycles. The summed E-state index contributed by atoms with van der Waals surface area (Å²) in [7, 11) is 0. The van der Waals surface area contributed by atoms with Crippen molar-refractivity contribution in [3.05, 3.63) is 40.6 Å². The quantitative estimate of drug-likeness (QED) is 0.545. The Hall–Kier alpha value is -2.59. The van der Waals surface area contributed by atoms with Crippen LogP contribution in [-0.2, 0) is 9.53 Å². The van der Waals surface area contributed by atoms with E-state index in [0.717, 1.165) is 6.08 Å². The molecule has 3 rings (SSSR count). The number of ketones is 2. The van der Waals surface area contributed by atoms with Crippen molar-refractivity contribution in [3.63, 3.8) is 0 Å². The Labute approximate surface area is 160 Å². The van der Waals surface area contributed by atoms with E-state index >= 15 is 0 Å². The third-order valence-corrected chi connectivity index (χ3v) is 4.71. The van der Waals surface area contributed by atoms with E-state index in [2.05, 4.69) is 5.32 Å². The molecule has 1 amide bonds. The lowest BCUT2D eigenvalue weighted by molar-refractivity contribution is -0.268. The molecule has 0 radical (unpaired) electrons. The summed E-state index contributed by atoms with van der Waals surface area (Å²) in [5.74, 6) is -1.28. The van der Waals surface area contributed by atoms with Gasteiger partial charge in [0.05, 0.1) is 11.8 Å². The van der Waals surface area contributed by atoms with Crippen LogP contribution in [0.25, 0.3) is 0 Å². The topological polar surface area (TPSA) is 142 Å². The van der Waals surface area contributed by atoms with Crippen LogP contribution in [0.5, 0.6) is 5.75 Å². The number of Topliss-reactive ketones (excluding diaryl/α,β-unsaturated/α-hetero) is 1. The molecular formula is C19H21NO8. The Kier molecular flexibility index (Phi) is 5.35. The second-order valence-corrected chi connectivity index (χ2v) is 6.90. The molecule has 9 nitrogen and oxygen atoms in total. The van der Waals surface area contributed by atoms with E-state index in [0.29, 0.717) is 5.56 Å². The van der Waals surface area contributed by atoms with Crippen LogP contribution in [0.2, 0.25) is 0 Å². The number of aliphatic hydroxyl groups is 3. The number of amides is 1. The molecule has 1 aliphatic heterocycles. The van der Waals surface area contributed by atoms with Crippen LogP contribution in [0.15, 0.2) is 23.9 Å². The van der Waals surface area contributed by atoms with Gasteiger partial charge in [0.15, 0.2) is 5.78 Å². The van der Waals surface area contributed by atoms with Crippen molar-refractivity contribution in [2.45, 2.75) is 51.5 Å². The van der Waals surface area contributed by atoms with Crippen molar-refractivity contribution < 1.29 is 39.2 Å². The molecular weight excluding hydrogens is 370 g/mol. The van der Waals surface area contributed by atoms with Gasteiger partial charge in [0.1, 0.15) is 24.1 Å². The lowest BCUT2D eigenvalue weighted by Crippen LogP contribution is -2.58. The van der Waals surface area contributed by atoms with E-state index in [1.807, 2.05) is 0 Å². The zero-order valence-electron chi connectivity index (χ0n) is 15.5. The normalized spacial score (nSPS) is 29.8. The fourth-order valence-corrected chi connectivity index (χ4v) is 3.14. The van der Waals surface area contributed by atoms with Gasteiger partial charge < -0.3 is 30.1 Å². The van der Waals surface area contributed by atoms with Gasteiger partial charge in [-0.25, -0.2) is 0 Å². The maximum atomic E-state index is 12.5. The zero-order valence-corrected chi connectivity index (χ0v) is 15.5. The van der Waals surface area contributed by atoms with Gasteiger partial charge in [-0.1, -0.05) is 0 Å². The summed E-state index contributed by atoms with van der Waals surface area (Å²) in [5, 5.41) is 32.1. The van der Waals surface area contributed by atoms with E-state index in [-0.39, 0.29) is 22.6 Å². The minimum absolute atomic E-state index is 0.0821. The number of hydrogen-bond acceptors (Lipinski definition) is 8. The fourth-order valence-electron chi connectivity index (χ4n) is 3.14. The maximum absolute atomic E-state index is 12.5. The zero-order chi connectivity index (χ0) is 20.7. The number of nitrogens with one attached hydrogen (secondary N) is 1. The van der Waals surface area contributed by atoms with Crippen molar-refractivity contribution in [2.24, 2.45) is 0 Å². The molecule has 0 unspecified atom stereocenters. The van der Waals surface area contributed by atoms with Crippen molar-refractivity contribution in [1.82, 2.24) is 5.32 Å². The summed E-state index contributed by atoms with van der Waals surface area (Å²) < 4.78 is 11.0. The van der Waals surface area contributed by atoms with Crippen molar-refractivity contribution >= 4 is 17.5 Å². The molecule has 0 saturated carbocycles. The number of aliphatic hydroxyl groups excluding tert-OH is 3. The van der Waals surface area contributed by atoms with Crippen molar-refractivity contribution in [1.29, 1.82) is 0 Å². The molecule has 28 heavy (non-hydrogen) atoms. The Morgan fingerprint density at radius 2 is 1.79 bits per heavy atom. The second-order valence-electron chi connectivity index (χ2n) is 6.90. The van der Waals surface area contributed by atoms with E-state index in [9.17, 15) is 29.7 Å². The molecule has 9 heteroatoms. The molecule has 0 spiro atoms. The summed E-state index contributed by atoms with van der Waals surface area (Å²) >= 11 is 0. The summed E-state index contributed by atoms with van der Waals surface area (Å²) in [4.78, 5) is 36.1. The number of hydrogen-bond donors (Lipinski definition) is 4. The second kappa shape index (κ2) is 7.44. The van der Waals surface area contributed by atoms with Gasteiger partial charge in [0, 0.05) is 24.1 Å². The highest BCUT2D eigenvalue weighted by Gasteiger charge is 2.43. The highest BCUT2D eigenvalue weighted by atomic mass is 16.7. The maximum Gasteiger partial charge on any atom is 0.229 e. The average molecular weight is 391 g/mol. The Balaban J connectivity index is 1.90. The number of rotatable bonds is 3. The van der Waals surface area contributed by atoms with Crippen LogP contribution in [0.3, 0.4) is 0 Å². The van der Waals surface area contributed by atoms with Gasteiger partial charge in [0.25, 0.3) is 0 Å². The average Bonchev–Trinajstić information content (AvgIpc) is 2.62. The van der Waals surface area contributed by atoms with E-state index < -0.39 is 48.2 Å². The monoisotopic (exact) mass is 391 g/mol. The number of carbonyl (C=O) groups is 3. The van der Waals surface area contributed by atoms with E-state index in [4.69, 9.17) is 9.47 Å². The Bertz CT molecular complexity index is 877. The summed E-state index contributed by atoms with van der Waals surface area (Å²) in [6.07, 6.45) is -5.25. The molecule has 5 atom stereocenters. The van der Waals surface area contributed by atoms with Gasteiger partial charge in [0.2, 0.25) is 18.0 Å². The van der Waals surface area contributed by atoms with Crippen LogP contribution in [-0.4, -0.2) is 63.5 Å². The number of carbonyl (C=O) groups excluding carboxylic acids is 3. The third-order valence-electron chi connectivity index (χ3n) is 4.71. The van der Waals surface area contributed by atoms with Gasteiger partial charge >= 0.3 is 0 Å². The molecule has 1 fully saturated rings. The molecule has 2 aliphatic rings. The summed E-state index contributed by atoms with van der Waals surface area (Å²) in [6, 6.07) is 2.80. The summed E-state index contributed by atoms with van der Waals surface area (Å²) in [6.45, 7) is 4.39. The van der Waals surface area contributed by atoms with Crippen LogP contribution in [0.1, 0.15) is 40.1 Å². The molecule has 1 aromatic rings. The van der Waals surface area contributed by atoms with Gasteiger partial charge in [-0.3, -0.25) is 14.4 Å². The summed E-state index contributed by atoms with van der Waals surface area (Å²) in [5.41, 5.74) is 0.580. The predicted octanol–water partition coefficient (Wildman–Crippen LogP) is -0.400. The highest BCUT2D eigenvalue weighted by molar-refractivity contribution is 6.25. The first-order chi connectivity index (χ1) is 13.1. The number of fused-ring (bicyclic) bond motifs is 1. The van der Waals surface area contributed by atoms with E-state index in [1.165, 1.54) is 26.0 Å². The Morgan fingerprint density at radius 1 is 1.11 bits per heavy atom. The van der Waals surface area contributed by atoms with Gasteiger partial charge in [-0.05, 0) is 31.5 Å². The minimum atomic E-state index is -1.51. The fraction of sp³-hybridized carbons (Fsp3) is 0.421. The smallest absolute Gasteiger partial charge is 0.229 e. The standard InChI is InChI=1S/C19H21NO8/c1-7-4-11-10(13(22)6-12(16(11)24)20-9(3)21)5-14(7)28-19-18(26)17(25)15(23)8(2)27-19/h4-6,8,15,17-19,23,25-26H,1-3H3,(H,20,21)/t8-,15+,17+,18+,19-/m0/s1. The molecule has 0 aromatic heterocycles. The van der Waals surface area contributed by atoms with Crippen molar-refractivity contribution in [3.8, 4) is 5.75 Å². The van der Waals surface area contributed by atoms with Crippen LogP contribution in [0.4, 0.5) is 0 Å². The predicted molar refractivity (Wildman–Crippen MR) is 94.7 cm³/mol. The molecule has 1 aliphatic carbocycles. The van der Waals surface area contributed by atoms with Crippen LogP contribution in [0, 0.1) is 6.92 Å². The van der Waals surface area contributed by atoms with Crippen LogP contribution < -0.4 is 10.1 Å².